The summed E-state index contributed by atoms with van der Waals surface area (Å²) in [6, 6.07) is 8.16. The fraction of sp³-hybridized carbons (Fsp3) is 0.200. The van der Waals surface area contributed by atoms with Crippen LogP contribution in [-0.4, -0.2) is 6.54 Å². The van der Waals surface area contributed by atoms with Gasteiger partial charge in [-0.25, -0.2) is 4.39 Å². The molecule has 1 nitrogen and oxygen atoms in total. The van der Waals surface area contributed by atoms with Gasteiger partial charge in [-0.3, -0.25) is 0 Å². The van der Waals surface area contributed by atoms with Crippen molar-refractivity contribution in [3.05, 3.63) is 56.8 Å². The lowest BCUT2D eigenvalue weighted by Gasteiger charge is -2.10. The van der Waals surface area contributed by atoms with Gasteiger partial charge in [-0.2, -0.15) is 0 Å². The van der Waals surface area contributed by atoms with Crippen LogP contribution < -0.4 is 5.32 Å². The van der Waals surface area contributed by atoms with Gasteiger partial charge in [0.2, 0.25) is 0 Å². The maximum absolute atomic E-state index is 14.0. The summed E-state index contributed by atoms with van der Waals surface area (Å²) < 4.78 is 14.0. The molecular formula is C15H13Cl3FN. The normalized spacial score (nSPS) is 10.8. The van der Waals surface area contributed by atoms with Crippen molar-refractivity contribution >= 4 is 34.8 Å². The minimum Gasteiger partial charge on any atom is -0.313 e. The lowest BCUT2D eigenvalue weighted by atomic mass is 10.0. The van der Waals surface area contributed by atoms with Gasteiger partial charge in [0.25, 0.3) is 0 Å². The van der Waals surface area contributed by atoms with Gasteiger partial charge in [0.15, 0.2) is 0 Å². The van der Waals surface area contributed by atoms with Gasteiger partial charge < -0.3 is 5.32 Å². The third-order valence-corrected chi connectivity index (χ3v) is 3.73. The molecular weight excluding hydrogens is 320 g/mol. The molecule has 0 unspecified atom stereocenters. The number of benzene rings is 2. The average Bonchev–Trinajstić information content (AvgIpc) is 2.36. The van der Waals surface area contributed by atoms with Gasteiger partial charge in [-0.05, 0) is 30.3 Å². The van der Waals surface area contributed by atoms with Crippen LogP contribution in [0, 0.1) is 5.82 Å². The molecule has 0 spiro atoms. The van der Waals surface area contributed by atoms with E-state index < -0.39 is 0 Å². The Labute approximate surface area is 132 Å². The molecule has 1 N–H and O–H groups in total. The zero-order chi connectivity index (χ0) is 14.7. The molecule has 2 aromatic rings. The number of halogens is 4. The molecule has 0 aromatic heterocycles. The van der Waals surface area contributed by atoms with Crippen LogP contribution >= 0.6 is 34.8 Å². The molecule has 0 fully saturated rings. The van der Waals surface area contributed by atoms with Gasteiger partial charge in [-0.15, -0.1) is 0 Å². The Morgan fingerprint density at radius 1 is 1.05 bits per heavy atom. The van der Waals surface area contributed by atoms with E-state index in [0.717, 1.165) is 6.54 Å². The smallest absolute Gasteiger partial charge is 0.128 e. The Bertz CT molecular complexity index is 606. The van der Waals surface area contributed by atoms with Gasteiger partial charge in [0.05, 0.1) is 10.0 Å². The van der Waals surface area contributed by atoms with Gasteiger partial charge in [0.1, 0.15) is 5.82 Å². The van der Waals surface area contributed by atoms with Crippen molar-refractivity contribution in [3.8, 4) is 11.1 Å². The van der Waals surface area contributed by atoms with E-state index in [1.807, 2.05) is 6.92 Å². The second kappa shape index (κ2) is 6.77. The highest BCUT2D eigenvalue weighted by atomic mass is 35.5. The molecule has 0 bridgehead atoms. The summed E-state index contributed by atoms with van der Waals surface area (Å²) in [6.07, 6.45) is 0. The van der Waals surface area contributed by atoms with E-state index in [-0.39, 0.29) is 5.82 Å². The average molecular weight is 333 g/mol. The van der Waals surface area contributed by atoms with E-state index in [2.05, 4.69) is 5.32 Å². The Morgan fingerprint density at radius 3 is 2.25 bits per heavy atom. The first-order chi connectivity index (χ1) is 9.52. The molecule has 0 aliphatic heterocycles. The van der Waals surface area contributed by atoms with Gasteiger partial charge >= 0.3 is 0 Å². The lowest BCUT2D eigenvalue weighted by molar-refractivity contribution is 0.594. The third kappa shape index (κ3) is 3.44. The minimum absolute atomic E-state index is 0.287. The molecule has 2 rings (SSSR count). The van der Waals surface area contributed by atoms with Crippen molar-refractivity contribution in [2.24, 2.45) is 0 Å². The predicted molar refractivity (Wildman–Crippen MR) is 84.2 cm³/mol. The summed E-state index contributed by atoms with van der Waals surface area (Å²) in [4.78, 5) is 0. The summed E-state index contributed by atoms with van der Waals surface area (Å²) in [5.74, 6) is -0.287. The van der Waals surface area contributed by atoms with Gasteiger partial charge in [0, 0.05) is 22.7 Å². The molecule has 0 radical (unpaired) electrons. The van der Waals surface area contributed by atoms with Crippen LogP contribution in [-0.2, 0) is 6.54 Å². The van der Waals surface area contributed by atoms with E-state index >= 15 is 0 Å². The fourth-order valence-corrected chi connectivity index (χ4v) is 2.96. The van der Waals surface area contributed by atoms with E-state index in [1.54, 1.807) is 24.3 Å². The van der Waals surface area contributed by atoms with E-state index in [4.69, 9.17) is 34.8 Å². The number of hydrogen-bond acceptors (Lipinski definition) is 1. The monoisotopic (exact) mass is 331 g/mol. The van der Waals surface area contributed by atoms with Gasteiger partial charge in [-0.1, -0.05) is 53.9 Å². The Hall–Kier alpha value is -0.800. The number of rotatable bonds is 4. The van der Waals surface area contributed by atoms with E-state index in [9.17, 15) is 4.39 Å². The van der Waals surface area contributed by atoms with Crippen LogP contribution in [0.3, 0.4) is 0 Å². The topological polar surface area (TPSA) is 12.0 Å². The molecule has 0 saturated heterocycles. The minimum atomic E-state index is -0.287. The Balaban J connectivity index is 2.42. The summed E-state index contributed by atoms with van der Waals surface area (Å²) in [5, 5.41) is 4.35. The summed E-state index contributed by atoms with van der Waals surface area (Å²) in [5.41, 5.74) is 1.83. The maximum atomic E-state index is 14.0. The van der Waals surface area contributed by atoms with Crippen molar-refractivity contribution in [1.29, 1.82) is 0 Å². The fourth-order valence-electron chi connectivity index (χ4n) is 1.92. The SMILES string of the molecule is CCNCc1ccc(-c2c(Cl)cc(Cl)cc2Cl)cc1F. The molecule has 0 aliphatic rings. The van der Waals surface area contributed by atoms with Crippen molar-refractivity contribution in [1.82, 2.24) is 5.32 Å². The third-order valence-electron chi connectivity index (χ3n) is 2.91. The summed E-state index contributed by atoms with van der Waals surface area (Å²) in [7, 11) is 0. The predicted octanol–water partition coefficient (Wildman–Crippen LogP) is 5.56. The van der Waals surface area contributed by atoms with Crippen LogP contribution in [0.4, 0.5) is 4.39 Å². The molecule has 0 heterocycles. The van der Waals surface area contributed by atoms with E-state index in [1.165, 1.54) is 6.07 Å². The van der Waals surface area contributed by atoms with E-state index in [0.29, 0.717) is 38.3 Å². The highest BCUT2D eigenvalue weighted by Gasteiger charge is 2.12. The molecule has 0 saturated carbocycles. The summed E-state index contributed by atoms with van der Waals surface area (Å²) in [6.45, 7) is 3.25. The molecule has 5 heteroatoms. The number of nitrogens with one attached hydrogen (secondary N) is 1. The van der Waals surface area contributed by atoms with Crippen molar-refractivity contribution in [3.63, 3.8) is 0 Å². The highest BCUT2D eigenvalue weighted by molar-refractivity contribution is 6.41. The zero-order valence-corrected chi connectivity index (χ0v) is 13.1. The first-order valence-corrected chi connectivity index (χ1v) is 7.30. The second-order valence-electron chi connectivity index (χ2n) is 4.33. The lowest BCUT2D eigenvalue weighted by Crippen LogP contribution is -2.12. The van der Waals surface area contributed by atoms with Crippen LogP contribution in [0.2, 0.25) is 15.1 Å². The molecule has 2 aromatic carbocycles. The maximum Gasteiger partial charge on any atom is 0.128 e. The van der Waals surface area contributed by atoms with Crippen molar-refractivity contribution in [2.75, 3.05) is 6.54 Å². The number of hydrogen-bond donors (Lipinski definition) is 1. The first kappa shape index (κ1) is 15.6. The molecule has 0 aliphatic carbocycles. The molecule has 20 heavy (non-hydrogen) atoms. The largest absolute Gasteiger partial charge is 0.313 e. The Kier molecular flexibility index (Phi) is 5.28. The van der Waals surface area contributed by atoms with Crippen molar-refractivity contribution in [2.45, 2.75) is 13.5 Å². The standard InChI is InChI=1S/C15H13Cl3FN/c1-2-20-8-10-4-3-9(5-14(10)19)15-12(17)6-11(16)7-13(15)18/h3-7,20H,2,8H2,1H3. The quantitative estimate of drug-likeness (QED) is 0.772. The van der Waals surface area contributed by atoms with Crippen LogP contribution in [0.5, 0.6) is 0 Å². The van der Waals surface area contributed by atoms with Crippen LogP contribution in [0.1, 0.15) is 12.5 Å². The first-order valence-electron chi connectivity index (χ1n) is 6.17. The van der Waals surface area contributed by atoms with Crippen molar-refractivity contribution < 1.29 is 4.39 Å². The van der Waals surface area contributed by atoms with Crippen LogP contribution in [0.15, 0.2) is 30.3 Å². The zero-order valence-electron chi connectivity index (χ0n) is 10.8. The summed E-state index contributed by atoms with van der Waals surface area (Å²) >= 11 is 18.2. The second-order valence-corrected chi connectivity index (χ2v) is 5.58. The molecule has 106 valence electrons. The Morgan fingerprint density at radius 2 is 1.70 bits per heavy atom. The molecule has 0 amide bonds. The molecule has 0 atom stereocenters. The highest BCUT2D eigenvalue weighted by Crippen LogP contribution is 2.37. The van der Waals surface area contributed by atoms with Crippen LogP contribution in [0.25, 0.3) is 11.1 Å².